The third kappa shape index (κ3) is 15.7. The lowest BCUT2D eigenvalue weighted by molar-refractivity contribution is -0.147. The Kier molecular flexibility index (Phi) is 19.1. The molecule has 60 heavy (non-hydrogen) atoms. The number of hydrogen-bond donors (Lipinski definition) is 3. The Morgan fingerprint density at radius 3 is 2.07 bits per heavy atom. The maximum Gasteiger partial charge on any atom is 0.407 e. The number of carbonyl (C=O) groups is 4. The van der Waals surface area contributed by atoms with Gasteiger partial charge < -0.3 is 49.3 Å². The van der Waals surface area contributed by atoms with E-state index in [1.165, 1.54) is 5.56 Å². The molecule has 2 aromatic carbocycles. The molecule has 0 radical (unpaired) electrons. The first-order valence-corrected chi connectivity index (χ1v) is 21.6. The van der Waals surface area contributed by atoms with E-state index in [9.17, 15) is 19.2 Å². The quantitative estimate of drug-likeness (QED) is 0.126. The smallest absolute Gasteiger partial charge is 0.407 e. The number of nitrogens with one attached hydrogen (secondary N) is 3. The summed E-state index contributed by atoms with van der Waals surface area (Å²) in [6.07, 6.45) is 3.31. The fourth-order valence-corrected chi connectivity index (χ4v) is 7.09. The van der Waals surface area contributed by atoms with Crippen molar-refractivity contribution in [3.8, 4) is 5.75 Å². The Balaban J connectivity index is 1.24. The second-order valence-electron chi connectivity index (χ2n) is 17.6. The highest BCUT2D eigenvalue weighted by Crippen LogP contribution is 2.33. The van der Waals surface area contributed by atoms with Crippen molar-refractivity contribution in [3.63, 3.8) is 0 Å². The number of amides is 4. The average molecular weight is 839 g/mol. The van der Waals surface area contributed by atoms with Gasteiger partial charge >= 0.3 is 6.09 Å². The molecule has 2 aliphatic rings. The maximum atomic E-state index is 14.6. The number of fused-ring (bicyclic) bond motifs is 2. The molecule has 2 aromatic rings. The number of carbonyl (C=O) groups excluding carboxylic acids is 4. The predicted molar refractivity (Wildman–Crippen MR) is 229 cm³/mol. The summed E-state index contributed by atoms with van der Waals surface area (Å²) in [6.45, 7) is 19.1. The molecule has 1 heterocycles. The number of ether oxygens (including phenoxy) is 6. The van der Waals surface area contributed by atoms with Crippen LogP contribution in [0, 0.1) is 11.3 Å². The number of aryl methyl sites for hydroxylation is 1. The molecule has 0 bridgehead atoms. The van der Waals surface area contributed by atoms with Gasteiger partial charge in [-0.05, 0) is 86.3 Å². The molecule has 0 unspecified atom stereocenters. The fraction of sp³-hybridized carbons (Fsp3) is 0.652. The van der Waals surface area contributed by atoms with E-state index in [1.807, 2.05) is 85.7 Å². The minimum atomic E-state index is -0.827. The van der Waals surface area contributed by atoms with E-state index >= 15 is 0 Å². The van der Waals surface area contributed by atoms with E-state index in [0.717, 1.165) is 36.0 Å². The van der Waals surface area contributed by atoms with Crippen molar-refractivity contribution in [2.45, 2.75) is 118 Å². The minimum absolute atomic E-state index is 0.131. The van der Waals surface area contributed by atoms with E-state index in [1.54, 1.807) is 4.90 Å². The lowest BCUT2D eigenvalue weighted by Crippen LogP contribution is -2.61. The highest BCUT2D eigenvalue weighted by atomic mass is 16.6. The highest BCUT2D eigenvalue weighted by Gasteiger charge is 2.43. The molecule has 14 heteroatoms. The molecule has 3 N–H and O–H groups in total. The SMILES string of the molecule is CC[C@@H](C)C(=O)N[C@H](C(=O)N1Cc2cc(OCCOCCOCCOCCOCCNC(=O)OC(C)(C)C)ccc2C[C@H]1C(=O)N[C@@H]1CCCc2ccccc21)C(C)(C)C. The van der Waals surface area contributed by atoms with Gasteiger partial charge in [-0.15, -0.1) is 0 Å². The first-order valence-electron chi connectivity index (χ1n) is 21.6. The van der Waals surface area contributed by atoms with Gasteiger partial charge in [-0.3, -0.25) is 14.4 Å². The van der Waals surface area contributed by atoms with Gasteiger partial charge in [0.15, 0.2) is 0 Å². The number of hydrogen-bond acceptors (Lipinski definition) is 10. The second kappa shape index (κ2) is 23.7. The summed E-state index contributed by atoms with van der Waals surface area (Å²) in [5.41, 5.74) is 3.11. The van der Waals surface area contributed by atoms with E-state index < -0.39 is 29.2 Å². The Morgan fingerprint density at radius 1 is 0.800 bits per heavy atom. The van der Waals surface area contributed by atoms with Gasteiger partial charge in [0.25, 0.3) is 0 Å². The van der Waals surface area contributed by atoms with Crippen molar-refractivity contribution in [3.05, 3.63) is 64.7 Å². The molecular formula is C46H70N4O10. The largest absolute Gasteiger partial charge is 0.491 e. The maximum absolute atomic E-state index is 14.6. The standard InChI is InChI=1S/C46H70N4O10/c1-9-32(2)41(51)49-40(45(3,4)5)43(53)50-31-35-29-36(18-17-34(35)30-39(50)42(52)48-38-16-12-14-33-13-10-11-15-37(33)38)59-28-27-58-26-25-57-24-23-56-22-21-55-20-19-47-44(54)60-46(6,7)8/h10-11,13,15,17-18,29,32,38-40H,9,12,14,16,19-28,30-31H2,1-8H3,(H,47,54)(H,48,52)(H,49,51)/t32-,38-,39+,40-/m1/s1. The molecule has 0 fully saturated rings. The zero-order chi connectivity index (χ0) is 43.7. The molecule has 14 nitrogen and oxygen atoms in total. The number of alkyl carbamates (subject to hydrolysis) is 1. The van der Waals surface area contributed by atoms with Crippen LogP contribution in [0.2, 0.25) is 0 Å². The van der Waals surface area contributed by atoms with Crippen LogP contribution in [-0.4, -0.2) is 112 Å². The summed E-state index contributed by atoms with van der Waals surface area (Å²) in [6, 6.07) is 12.3. The summed E-state index contributed by atoms with van der Waals surface area (Å²) >= 11 is 0. The molecule has 4 amide bonds. The molecule has 1 aliphatic carbocycles. The van der Waals surface area contributed by atoms with Crippen LogP contribution in [0.4, 0.5) is 4.79 Å². The Labute approximate surface area is 357 Å². The van der Waals surface area contributed by atoms with Crippen LogP contribution in [-0.2, 0) is 57.5 Å². The van der Waals surface area contributed by atoms with Crippen LogP contribution in [0.25, 0.3) is 0 Å². The molecule has 334 valence electrons. The molecule has 0 saturated heterocycles. The number of benzene rings is 2. The van der Waals surface area contributed by atoms with Crippen LogP contribution in [0.3, 0.4) is 0 Å². The first kappa shape index (κ1) is 48.4. The normalized spacial score (nSPS) is 17.4. The zero-order valence-electron chi connectivity index (χ0n) is 37.2. The minimum Gasteiger partial charge on any atom is -0.491 e. The summed E-state index contributed by atoms with van der Waals surface area (Å²) in [5, 5.41) is 8.98. The summed E-state index contributed by atoms with van der Waals surface area (Å²) < 4.78 is 33.5. The van der Waals surface area contributed by atoms with E-state index in [0.29, 0.717) is 84.6 Å². The van der Waals surface area contributed by atoms with Gasteiger partial charge in [-0.25, -0.2) is 4.79 Å². The Bertz CT molecular complexity index is 1690. The molecule has 4 atom stereocenters. The predicted octanol–water partition coefficient (Wildman–Crippen LogP) is 5.68. The van der Waals surface area contributed by atoms with Crippen LogP contribution in [0.5, 0.6) is 5.75 Å². The molecule has 1 aliphatic heterocycles. The van der Waals surface area contributed by atoms with Crippen molar-refractivity contribution < 1.29 is 47.6 Å². The third-order valence-electron chi connectivity index (χ3n) is 10.6. The van der Waals surface area contributed by atoms with Gasteiger partial charge in [-0.1, -0.05) is 65.0 Å². The van der Waals surface area contributed by atoms with Gasteiger partial charge in [0.1, 0.15) is 30.0 Å². The third-order valence-corrected chi connectivity index (χ3v) is 10.6. The molecule has 0 saturated carbocycles. The lowest BCUT2D eigenvalue weighted by atomic mass is 9.83. The van der Waals surface area contributed by atoms with Crippen molar-refractivity contribution >= 4 is 23.8 Å². The van der Waals surface area contributed by atoms with E-state index in [-0.39, 0.29) is 36.2 Å². The molecule has 0 spiro atoms. The lowest BCUT2D eigenvalue weighted by Gasteiger charge is -2.42. The number of rotatable bonds is 22. The Morgan fingerprint density at radius 2 is 1.43 bits per heavy atom. The summed E-state index contributed by atoms with van der Waals surface area (Å²) in [4.78, 5) is 55.3. The van der Waals surface area contributed by atoms with Crippen LogP contribution in [0.1, 0.15) is 103 Å². The average Bonchev–Trinajstić information content (AvgIpc) is 3.20. The number of nitrogens with zero attached hydrogens (tertiary/aromatic N) is 1. The zero-order valence-corrected chi connectivity index (χ0v) is 37.2. The van der Waals surface area contributed by atoms with Crippen LogP contribution < -0.4 is 20.7 Å². The van der Waals surface area contributed by atoms with E-state index in [4.69, 9.17) is 28.4 Å². The van der Waals surface area contributed by atoms with Gasteiger partial charge in [-0.2, -0.15) is 0 Å². The van der Waals surface area contributed by atoms with Crippen molar-refractivity contribution in [1.82, 2.24) is 20.9 Å². The highest BCUT2D eigenvalue weighted by molar-refractivity contribution is 5.93. The van der Waals surface area contributed by atoms with Crippen LogP contribution in [0.15, 0.2) is 42.5 Å². The summed E-state index contributed by atoms with van der Waals surface area (Å²) in [7, 11) is 0. The monoisotopic (exact) mass is 839 g/mol. The molecule has 4 rings (SSSR count). The van der Waals surface area contributed by atoms with Crippen molar-refractivity contribution in [2.75, 3.05) is 66.0 Å². The van der Waals surface area contributed by atoms with E-state index in [2.05, 4.69) is 28.1 Å². The Hall–Kier alpha value is -4.24. The first-order chi connectivity index (χ1) is 28.6. The van der Waals surface area contributed by atoms with Crippen molar-refractivity contribution in [1.29, 1.82) is 0 Å². The fourth-order valence-electron chi connectivity index (χ4n) is 7.09. The second-order valence-corrected chi connectivity index (χ2v) is 17.6. The van der Waals surface area contributed by atoms with Gasteiger partial charge in [0, 0.05) is 25.4 Å². The molecular weight excluding hydrogens is 769 g/mol. The summed E-state index contributed by atoms with van der Waals surface area (Å²) in [5.74, 6) is -0.266. The van der Waals surface area contributed by atoms with Gasteiger partial charge in [0.2, 0.25) is 17.7 Å². The van der Waals surface area contributed by atoms with Gasteiger partial charge in [0.05, 0.1) is 58.9 Å². The topological polar surface area (TPSA) is 163 Å². The van der Waals surface area contributed by atoms with Crippen molar-refractivity contribution in [2.24, 2.45) is 11.3 Å². The van der Waals surface area contributed by atoms with Crippen LogP contribution >= 0.6 is 0 Å². The molecule has 0 aromatic heterocycles.